The van der Waals surface area contributed by atoms with Gasteiger partial charge in [0.15, 0.2) is 0 Å². The summed E-state index contributed by atoms with van der Waals surface area (Å²) in [6, 6.07) is 0. The molecule has 8 heteroatoms. The molecule has 8 nitrogen and oxygen atoms in total. The topological polar surface area (TPSA) is 99.8 Å². The molecular formula is C39H64N4O4. The molecule has 0 bridgehead atoms. The number of alkyl carbamates (subject to hydrolysis) is 1. The Balaban J connectivity index is 1.08. The molecule has 1 amide bonds. The highest BCUT2D eigenvalue weighted by Gasteiger charge is 2.59. The number of rotatable bonds is 15. The fourth-order valence-electron chi connectivity index (χ4n) is 10.6. The van der Waals surface area contributed by atoms with Gasteiger partial charge in [-0.2, -0.15) is 0 Å². The molecule has 4 aliphatic rings. The summed E-state index contributed by atoms with van der Waals surface area (Å²) in [5, 5.41) is 8.95. The first-order valence-corrected chi connectivity index (χ1v) is 18.9. The second-order valence-corrected chi connectivity index (χ2v) is 16.9. The number of nitrogens with one attached hydrogen (secondary N) is 3. The summed E-state index contributed by atoms with van der Waals surface area (Å²) in [5.74, 6) is 4.91. The summed E-state index contributed by atoms with van der Waals surface area (Å²) in [7, 11) is 4.00. The highest BCUT2D eigenvalue weighted by molar-refractivity contribution is 5.74. The monoisotopic (exact) mass is 652 g/mol. The lowest BCUT2D eigenvalue weighted by molar-refractivity contribution is -0.0581. The second-order valence-electron chi connectivity index (χ2n) is 16.9. The molecule has 3 fully saturated rings. The summed E-state index contributed by atoms with van der Waals surface area (Å²) in [6.07, 6.45) is 16.6. The average Bonchev–Trinajstić information content (AvgIpc) is 3.38. The van der Waals surface area contributed by atoms with Gasteiger partial charge in [-0.05, 0) is 118 Å². The smallest absolute Gasteiger partial charge is 0.407 e. The Morgan fingerprint density at radius 1 is 0.915 bits per heavy atom. The number of carbonyl (C=O) groups is 1. The Hall–Kier alpha value is -2.35. The van der Waals surface area contributed by atoms with Crippen molar-refractivity contribution in [2.75, 3.05) is 50.9 Å². The molecular weight excluding hydrogens is 588 g/mol. The van der Waals surface area contributed by atoms with Crippen LogP contribution in [0.25, 0.3) is 0 Å². The zero-order chi connectivity index (χ0) is 33.9. The van der Waals surface area contributed by atoms with Crippen molar-refractivity contribution >= 4 is 17.5 Å². The van der Waals surface area contributed by atoms with Crippen LogP contribution < -0.4 is 26.8 Å². The Kier molecular flexibility index (Phi) is 11.5. The molecule has 0 saturated heterocycles. The number of anilines is 2. The average molecular weight is 653 g/mol. The maximum absolute atomic E-state index is 12.7. The van der Waals surface area contributed by atoms with E-state index >= 15 is 0 Å². The molecule has 1 aromatic carbocycles. The molecule has 1 unspecified atom stereocenters. The Labute approximate surface area is 283 Å². The standard InChI is InChI=1S/C39H64N4O4/c1-25(2)10-8-11-26(3)30-14-15-31-29-13-12-27-24-28(16-18-38(27,4)32(29)17-19-39(30,31)5)47-37(46)42-22-21-41-34-33(35(44)36(34)45)40-20-9-23-43(6)7/h12,25-26,28-32,40-41H,8-11,13-24H2,1-7H3,(H,42,46)/t26-,28?,29+,30-,31+,32+,38+,39-/m1/s1. The summed E-state index contributed by atoms with van der Waals surface area (Å²) in [4.78, 5) is 38.9. The van der Waals surface area contributed by atoms with Crippen LogP contribution in [0.3, 0.4) is 0 Å². The minimum absolute atomic E-state index is 0.0956. The Morgan fingerprint density at radius 2 is 1.64 bits per heavy atom. The van der Waals surface area contributed by atoms with Crippen molar-refractivity contribution in [2.45, 2.75) is 118 Å². The quantitative estimate of drug-likeness (QED) is 0.105. The van der Waals surface area contributed by atoms with Gasteiger partial charge in [-0.3, -0.25) is 9.59 Å². The first kappa shape index (κ1) is 35.9. The van der Waals surface area contributed by atoms with Gasteiger partial charge in [0.2, 0.25) is 0 Å². The van der Waals surface area contributed by atoms with Crippen LogP contribution in [0.2, 0.25) is 0 Å². The fraction of sp³-hybridized carbons (Fsp3) is 0.821. The predicted octanol–water partition coefficient (Wildman–Crippen LogP) is 7.19. The van der Waals surface area contributed by atoms with Crippen LogP contribution in [0, 0.1) is 46.3 Å². The third kappa shape index (κ3) is 7.63. The molecule has 0 radical (unpaired) electrons. The number of allylic oxidation sites excluding steroid dienone is 1. The van der Waals surface area contributed by atoms with Gasteiger partial charge in [0, 0.05) is 26.1 Å². The van der Waals surface area contributed by atoms with E-state index in [0.717, 1.165) is 67.7 Å². The molecule has 5 rings (SSSR count). The van der Waals surface area contributed by atoms with Crippen LogP contribution in [0.15, 0.2) is 21.2 Å². The minimum atomic E-state index is -0.502. The SMILES string of the molecule is CC(C)CCC[C@@H](C)[C@H]1CC[C@H]2[C@@H]3CC=C4CC(OC(=O)NCCNc5c(NCCCN(C)C)c(=O)c5=O)CC[C@]4(C)[C@H]3CC[C@]12C. The van der Waals surface area contributed by atoms with E-state index in [9.17, 15) is 14.4 Å². The van der Waals surface area contributed by atoms with Gasteiger partial charge < -0.3 is 25.6 Å². The number of hydrogen-bond acceptors (Lipinski definition) is 7. The molecule has 4 aliphatic carbocycles. The van der Waals surface area contributed by atoms with E-state index < -0.39 is 17.0 Å². The molecule has 3 saturated carbocycles. The zero-order valence-corrected chi connectivity index (χ0v) is 30.5. The summed E-state index contributed by atoms with van der Waals surface area (Å²) in [6.45, 7) is 14.6. The van der Waals surface area contributed by atoms with Crippen LogP contribution in [0.1, 0.15) is 112 Å². The summed E-state index contributed by atoms with van der Waals surface area (Å²) in [5.41, 5.74) is 1.94. The highest BCUT2D eigenvalue weighted by atomic mass is 16.6. The Bertz CT molecular complexity index is 1330. The molecule has 264 valence electrons. The number of fused-ring (bicyclic) bond motifs is 5. The molecule has 3 N–H and O–H groups in total. The van der Waals surface area contributed by atoms with Crippen molar-refractivity contribution < 1.29 is 9.53 Å². The fourth-order valence-corrected chi connectivity index (χ4v) is 10.6. The zero-order valence-electron chi connectivity index (χ0n) is 30.5. The van der Waals surface area contributed by atoms with E-state index in [-0.39, 0.29) is 11.5 Å². The molecule has 0 aromatic heterocycles. The van der Waals surface area contributed by atoms with Gasteiger partial charge in [-0.15, -0.1) is 0 Å². The minimum Gasteiger partial charge on any atom is -0.446 e. The normalized spacial score (nSPS) is 32.4. The molecule has 0 spiro atoms. The van der Waals surface area contributed by atoms with Gasteiger partial charge in [0.1, 0.15) is 17.5 Å². The Morgan fingerprint density at radius 3 is 2.34 bits per heavy atom. The van der Waals surface area contributed by atoms with Crippen LogP contribution >= 0.6 is 0 Å². The van der Waals surface area contributed by atoms with Gasteiger partial charge in [0.25, 0.3) is 10.9 Å². The van der Waals surface area contributed by atoms with Crippen LogP contribution in [0.4, 0.5) is 16.2 Å². The van der Waals surface area contributed by atoms with Crippen molar-refractivity contribution in [3.8, 4) is 0 Å². The van der Waals surface area contributed by atoms with E-state index in [1.54, 1.807) is 0 Å². The lowest BCUT2D eigenvalue weighted by Crippen LogP contribution is -2.51. The highest BCUT2D eigenvalue weighted by Crippen LogP contribution is 2.67. The number of carbonyl (C=O) groups excluding carboxylic acids is 1. The van der Waals surface area contributed by atoms with Gasteiger partial charge in [-0.1, -0.05) is 65.5 Å². The first-order chi connectivity index (χ1) is 22.3. The van der Waals surface area contributed by atoms with E-state index in [1.807, 2.05) is 14.1 Å². The lowest BCUT2D eigenvalue weighted by Gasteiger charge is -2.58. The molecule has 0 heterocycles. The van der Waals surface area contributed by atoms with E-state index in [1.165, 1.54) is 56.9 Å². The number of ether oxygens (including phenoxy) is 1. The third-order valence-corrected chi connectivity index (χ3v) is 13.2. The van der Waals surface area contributed by atoms with Gasteiger partial charge in [0.05, 0.1) is 0 Å². The summed E-state index contributed by atoms with van der Waals surface area (Å²) < 4.78 is 5.92. The van der Waals surface area contributed by atoms with Crippen molar-refractivity contribution in [1.29, 1.82) is 0 Å². The van der Waals surface area contributed by atoms with E-state index in [4.69, 9.17) is 4.74 Å². The van der Waals surface area contributed by atoms with Crippen molar-refractivity contribution in [2.24, 2.45) is 46.3 Å². The molecule has 1 aromatic rings. The van der Waals surface area contributed by atoms with Crippen molar-refractivity contribution in [1.82, 2.24) is 10.2 Å². The summed E-state index contributed by atoms with van der Waals surface area (Å²) >= 11 is 0. The van der Waals surface area contributed by atoms with Gasteiger partial charge in [-0.25, -0.2) is 4.79 Å². The van der Waals surface area contributed by atoms with Crippen LogP contribution in [-0.2, 0) is 4.74 Å². The first-order valence-electron chi connectivity index (χ1n) is 18.9. The maximum atomic E-state index is 12.7. The van der Waals surface area contributed by atoms with Gasteiger partial charge >= 0.3 is 6.09 Å². The van der Waals surface area contributed by atoms with Crippen molar-refractivity contribution in [3.63, 3.8) is 0 Å². The predicted molar refractivity (Wildman–Crippen MR) is 193 cm³/mol. The van der Waals surface area contributed by atoms with E-state index in [2.05, 4.69) is 61.5 Å². The van der Waals surface area contributed by atoms with Crippen molar-refractivity contribution in [3.05, 3.63) is 32.1 Å². The van der Waals surface area contributed by atoms with Crippen LogP contribution in [-0.4, -0.2) is 57.4 Å². The lowest BCUT2D eigenvalue weighted by atomic mass is 9.47. The molecule has 0 aliphatic heterocycles. The maximum Gasteiger partial charge on any atom is 0.407 e. The number of hydrogen-bond donors (Lipinski definition) is 3. The largest absolute Gasteiger partial charge is 0.446 e. The second kappa shape index (κ2) is 15.0. The van der Waals surface area contributed by atoms with E-state index in [0.29, 0.717) is 36.4 Å². The number of nitrogens with zero attached hydrogens (tertiary/aromatic N) is 1. The molecule has 8 atom stereocenters. The third-order valence-electron chi connectivity index (χ3n) is 13.2. The number of amides is 1. The van der Waals surface area contributed by atoms with Crippen LogP contribution in [0.5, 0.6) is 0 Å². The molecule has 47 heavy (non-hydrogen) atoms.